The number of rotatable bonds is 33. The van der Waals surface area contributed by atoms with Crippen LogP contribution in [0.3, 0.4) is 0 Å². The molecule has 3 atom stereocenters. The molecule has 0 aromatic heterocycles. The minimum atomic E-state index is -1.48. The molecule has 0 bridgehead atoms. The highest BCUT2D eigenvalue weighted by Crippen LogP contribution is 2.21. The average Bonchev–Trinajstić information content (AvgIpc) is 3.03. The second kappa shape index (κ2) is 33.2. The Kier molecular flexibility index (Phi) is 32.3. The largest absolute Gasteiger partial charge is 0.394 e. The lowest BCUT2D eigenvalue weighted by atomic mass is 9.92. The third-order valence-corrected chi connectivity index (χ3v) is 8.87. The van der Waals surface area contributed by atoms with Crippen LogP contribution in [0.1, 0.15) is 200 Å². The number of hydrogen-bond acceptors (Lipinski definition) is 7. The molecule has 0 fully saturated rings. The van der Waals surface area contributed by atoms with E-state index in [2.05, 4.69) is 13.8 Å². The van der Waals surface area contributed by atoms with Gasteiger partial charge >= 0.3 is 11.9 Å². The molecule has 0 aliphatic rings. The fourth-order valence-electron chi connectivity index (χ4n) is 5.84. The fraction of sp³-hybridized carbons (Fsp3) is 0.946. The van der Waals surface area contributed by atoms with E-state index in [0.717, 1.165) is 32.1 Å². The summed E-state index contributed by atoms with van der Waals surface area (Å²) in [6.07, 6.45) is 30.3. The quantitative estimate of drug-likeness (QED) is 0.0377. The van der Waals surface area contributed by atoms with E-state index in [1.54, 1.807) is 0 Å². The van der Waals surface area contributed by atoms with Gasteiger partial charge in [-0.05, 0) is 12.8 Å². The highest BCUT2D eigenvalue weighted by atomic mass is 17.2. The van der Waals surface area contributed by atoms with Crippen molar-refractivity contribution in [1.29, 1.82) is 0 Å². The maximum atomic E-state index is 12.6. The van der Waals surface area contributed by atoms with Gasteiger partial charge in [0.15, 0.2) is 0 Å². The van der Waals surface area contributed by atoms with Crippen LogP contribution in [0.15, 0.2) is 0 Å². The molecule has 0 saturated heterocycles. The monoisotopic (exact) mass is 629 g/mol. The molecule has 7 nitrogen and oxygen atoms in total. The third-order valence-electron chi connectivity index (χ3n) is 8.87. The van der Waals surface area contributed by atoms with E-state index >= 15 is 0 Å². The molecule has 0 radical (unpaired) electrons. The van der Waals surface area contributed by atoms with Crippen LogP contribution in [0.4, 0.5) is 0 Å². The summed E-state index contributed by atoms with van der Waals surface area (Å²) in [4.78, 5) is 34.2. The molecule has 3 N–H and O–H groups in total. The summed E-state index contributed by atoms with van der Waals surface area (Å²) in [5.41, 5.74) is 0. The fourth-order valence-corrected chi connectivity index (χ4v) is 5.84. The lowest BCUT2D eigenvalue weighted by molar-refractivity contribution is -0.265. The Hall–Kier alpha value is -1.18. The first kappa shape index (κ1) is 42.8. The molecule has 0 aromatic rings. The molecule has 0 aromatic carbocycles. The lowest BCUT2D eigenvalue weighted by Crippen LogP contribution is -2.40. The van der Waals surface area contributed by atoms with Gasteiger partial charge < -0.3 is 15.3 Å². The van der Waals surface area contributed by atoms with Crippen LogP contribution in [0.2, 0.25) is 0 Å². The summed E-state index contributed by atoms with van der Waals surface area (Å²) < 4.78 is 0. The lowest BCUT2D eigenvalue weighted by Gasteiger charge is -2.23. The SMILES string of the molecule is CCCCCCCCCCCCCCCCC(C(=O)OOC(=O)CCCCCCCCCCCCCCC)C(O)C(O)CO. The minimum Gasteiger partial charge on any atom is -0.394 e. The first-order valence-electron chi connectivity index (χ1n) is 18.9. The molecule has 0 saturated carbocycles. The molecule has 0 rings (SSSR count). The second-order valence-electron chi connectivity index (χ2n) is 13.1. The van der Waals surface area contributed by atoms with Gasteiger partial charge in [0, 0.05) is 0 Å². The first-order chi connectivity index (χ1) is 21.5. The van der Waals surface area contributed by atoms with Crippen molar-refractivity contribution in [3.05, 3.63) is 0 Å². The van der Waals surface area contributed by atoms with Gasteiger partial charge in [-0.3, -0.25) is 0 Å². The zero-order chi connectivity index (χ0) is 32.5. The van der Waals surface area contributed by atoms with E-state index in [1.807, 2.05) is 0 Å². The molecule has 262 valence electrons. The normalized spacial score (nSPS) is 13.5. The van der Waals surface area contributed by atoms with E-state index < -0.39 is 36.7 Å². The van der Waals surface area contributed by atoms with Crippen molar-refractivity contribution in [2.24, 2.45) is 5.92 Å². The summed E-state index contributed by atoms with van der Waals surface area (Å²) in [6, 6.07) is 0. The van der Waals surface area contributed by atoms with Crippen LogP contribution < -0.4 is 0 Å². The summed E-state index contributed by atoms with van der Waals surface area (Å²) in [7, 11) is 0. The van der Waals surface area contributed by atoms with E-state index in [9.17, 15) is 24.9 Å². The molecular weight excluding hydrogens is 556 g/mol. The van der Waals surface area contributed by atoms with E-state index in [-0.39, 0.29) is 6.42 Å². The molecule has 0 spiro atoms. The van der Waals surface area contributed by atoms with E-state index in [0.29, 0.717) is 19.3 Å². The van der Waals surface area contributed by atoms with Gasteiger partial charge in [-0.15, -0.1) is 0 Å². The van der Waals surface area contributed by atoms with Crippen molar-refractivity contribution in [2.45, 2.75) is 212 Å². The average molecular weight is 629 g/mol. The van der Waals surface area contributed by atoms with Crippen LogP contribution in [0, 0.1) is 5.92 Å². The van der Waals surface area contributed by atoms with Gasteiger partial charge in [0.05, 0.1) is 25.0 Å². The molecule has 44 heavy (non-hydrogen) atoms. The molecule has 0 heterocycles. The van der Waals surface area contributed by atoms with Gasteiger partial charge in [-0.25, -0.2) is 19.4 Å². The minimum absolute atomic E-state index is 0.177. The Morgan fingerprint density at radius 2 is 0.841 bits per heavy atom. The second-order valence-corrected chi connectivity index (χ2v) is 13.1. The molecule has 7 heteroatoms. The summed E-state index contributed by atoms with van der Waals surface area (Å²) in [5, 5.41) is 29.6. The summed E-state index contributed by atoms with van der Waals surface area (Å²) >= 11 is 0. The Morgan fingerprint density at radius 3 is 1.20 bits per heavy atom. The predicted molar refractivity (Wildman–Crippen MR) is 180 cm³/mol. The van der Waals surface area contributed by atoms with Gasteiger partial charge in [-0.2, -0.15) is 0 Å². The van der Waals surface area contributed by atoms with Crippen LogP contribution >= 0.6 is 0 Å². The van der Waals surface area contributed by atoms with Gasteiger partial charge in [0.1, 0.15) is 6.10 Å². The van der Waals surface area contributed by atoms with Gasteiger partial charge in [0.2, 0.25) is 0 Å². The van der Waals surface area contributed by atoms with Crippen molar-refractivity contribution in [3.63, 3.8) is 0 Å². The number of carbonyl (C=O) groups is 2. The van der Waals surface area contributed by atoms with Crippen LogP contribution in [-0.4, -0.2) is 46.1 Å². The van der Waals surface area contributed by atoms with Crippen molar-refractivity contribution in [2.75, 3.05) is 6.61 Å². The Labute approximate surface area is 271 Å². The number of aliphatic hydroxyl groups is 3. The van der Waals surface area contributed by atoms with Crippen molar-refractivity contribution < 1.29 is 34.7 Å². The molecule has 3 unspecified atom stereocenters. The number of hydrogen-bond donors (Lipinski definition) is 3. The predicted octanol–water partition coefficient (Wildman–Crippen LogP) is 9.67. The zero-order valence-corrected chi connectivity index (χ0v) is 28.9. The van der Waals surface area contributed by atoms with E-state index in [4.69, 9.17) is 9.78 Å². The third kappa shape index (κ3) is 27.2. The standard InChI is InChI=1S/C37H72O7/c1-3-5-7-9-11-13-15-17-19-20-22-24-26-28-30-33(36(41)34(39)32-38)37(42)44-43-35(40)31-29-27-25-23-21-18-16-14-12-10-8-6-4-2/h33-34,36,38-39,41H,3-32H2,1-2H3. The zero-order valence-electron chi connectivity index (χ0n) is 28.9. The Morgan fingerprint density at radius 1 is 0.500 bits per heavy atom. The maximum absolute atomic E-state index is 12.6. The molecule has 0 aliphatic heterocycles. The molecule has 0 amide bonds. The van der Waals surface area contributed by atoms with Crippen LogP contribution in [0.5, 0.6) is 0 Å². The molecular formula is C37H72O7. The van der Waals surface area contributed by atoms with Crippen molar-refractivity contribution in [1.82, 2.24) is 0 Å². The number of aliphatic hydroxyl groups excluding tert-OH is 3. The van der Waals surface area contributed by atoms with E-state index in [1.165, 1.54) is 128 Å². The van der Waals surface area contributed by atoms with Crippen molar-refractivity contribution >= 4 is 11.9 Å². The number of unbranched alkanes of at least 4 members (excludes halogenated alkanes) is 25. The Bertz CT molecular complexity index is 627. The van der Waals surface area contributed by atoms with Crippen molar-refractivity contribution in [3.8, 4) is 0 Å². The summed E-state index contributed by atoms with van der Waals surface area (Å²) in [5.74, 6) is -2.54. The smallest absolute Gasteiger partial charge is 0.361 e. The summed E-state index contributed by atoms with van der Waals surface area (Å²) in [6.45, 7) is 3.83. The van der Waals surface area contributed by atoms with Gasteiger partial charge in [-0.1, -0.05) is 181 Å². The highest BCUT2D eigenvalue weighted by Gasteiger charge is 2.34. The molecule has 0 aliphatic carbocycles. The van der Waals surface area contributed by atoms with Gasteiger partial charge in [0.25, 0.3) is 0 Å². The number of carbonyl (C=O) groups excluding carboxylic acids is 2. The highest BCUT2D eigenvalue weighted by molar-refractivity contribution is 5.75. The van der Waals surface area contributed by atoms with Crippen LogP contribution in [-0.2, 0) is 19.4 Å². The van der Waals surface area contributed by atoms with Crippen LogP contribution in [0.25, 0.3) is 0 Å². The topological polar surface area (TPSA) is 113 Å². The first-order valence-corrected chi connectivity index (χ1v) is 18.9. The Balaban J connectivity index is 3.98. The maximum Gasteiger partial charge on any atom is 0.361 e.